The van der Waals surface area contributed by atoms with E-state index in [1.807, 2.05) is 0 Å². The molecule has 0 amide bonds. The van der Waals surface area contributed by atoms with Crippen molar-refractivity contribution in [1.82, 2.24) is 0 Å². The third kappa shape index (κ3) is 1.46. The molecular weight excluding hydrogens is 194 g/mol. The molecule has 0 saturated carbocycles. The summed E-state index contributed by atoms with van der Waals surface area (Å²) in [6.07, 6.45) is 1.40. The maximum absolute atomic E-state index is 12.9. The van der Waals surface area contributed by atoms with E-state index in [4.69, 9.17) is 11.6 Å². The molecule has 0 spiro atoms. The number of alkyl halides is 2. The highest BCUT2D eigenvalue weighted by atomic mass is 35.5. The molecule has 0 fully saturated rings. The van der Waals surface area contributed by atoms with Gasteiger partial charge in [-0.15, -0.1) is 0 Å². The quantitative estimate of drug-likeness (QED) is 0.648. The van der Waals surface area contributed by atoms with Gasteiger partial charge in [-0.1, -0.05) is 29.8 Å². The Kier molecular flexibility index (Phi) is 1.88. The average molecular weight is 201 g/mol. The van der Waals surface area contributed by atoms with E-state index in [9.17, 15) is 8.78 Å². The standard InChI is InChI=1S/C10H7ClF2/c11-8-3-1-7(2-4-8)9-5-6-10(9,12)13/h1-5H,6H2. The minimum atomic E-state index is -2.65. The first kappa shape index (κ1) is 8.70. The van der Waals surface area contributed by atoms with E-state index in [0.717, 1.165) is 0 Å². The van der Waals surface area contributed by atoms with Gasteiger partial charge in [0.15, 0.2) is 0 Å². The van der Waals surface area contributed by atoms with Crippen LogP contribution in [0.3, 0.4) is 0 Å². The fraction of sp³-hybridized carbons (Fsp3) is 0.200. The Hall–Kier alpha value is -0.890. The first-order valence-electron chi connectivity index (χ1n) is 3.94. The number of hydrogen-bond donors (Lipinski definition) is 0. The molecule has 0 aliphatic heterocycles. The number of hydrogen-bond acceptors (Lipinski definition) is 0. The molecule has 0 nitrogen and oxygen atoms in total. The van der Waals surface area contributed by atoms with Crippen LogP contribution in [0.15, 0.2) is 30.3 Å². The zero-order valence-electron chi connectivity index (χ0n) is 6.73. The number of benzene rings is 1. The van der Waals surface area contributed by atoms with Gasteiger partial charge in [0, 0.05) is 17.0 Å². The monoisotopic (exact) mass is 200 g/mol. The van der Waals surface area contributed by atoms with E-state index in [0.29, 0.717) is 10.6 Å². The van der Waals surface area contributed by atoms with Crippen molar-refractivity contribution in [1.29, 1.82) is 0 Å². The predicted molar refractivity (Wildman–Crippen MR) is 49.0 cm³/mol. The van der Waals surface area contributed by atoms with Crippen molar-refractivity contribution >= 4 is 17.2 Å². The van der Waals surface area contributed by atoms with E-state index in [1.165, 1.54) is 0 Å². The Bertz CT molecular complexity index is 352. The summed E-state index contributed by atoms with van der Waals surface area (Å²) in [6.45, 7) is 0. The number of allylic oxidation sites excluding steroid dienone is 2. The van der Waals surface area contributed by atoms with Crippen molar-refractivity contribution in [3.63, 3.8) is 0 Å². The SMILES string of the molecule is FC1(F)CC=C1c1ccc(Cl)cc1. The fourth-order valence-corrected chi connectivity index (χ4v) is 1.44. The predicted octanol–water partition coefficient (Wildman–Crippen LogP) is 3.76. The third-order valence-electron chi connectivity index (χ3n) is 2.11. The molecule has 0 unspecified atom stereocenters. The van der Waals surface area contributed by atoms with Crippen LogP contribution < -0.4 is 0 Å². The maximum atomic E-state index is 12.9. The lowest BCUT2D eigenvalue weighted by molar-refractivity contribution is 0.0546. The molecule has 3 heteroatoms. The Morgan fingerprint density at radius 1 is 1.15 bits per heavy atom. The maximum Gasteiger partial charge on any atom is 0.276 e. The summed E-state index contributed by atoms with van der Waals surface area (Å²) in [7, 11) is 0. The smallest absolute Gasteiger partial charge is 0.201 e. The van der Waals surface area contributed by atoms with Gasteiger partial charge in [0.1, 0.15) is 0 Å². The van der Waals surface area contributed by atoms with Crippen molar-refractivity contribution in [2.45, 2.75) is 12.3 Å². The minimum absolute atomic E-state index is 0.115. The molecule has 0 N–H and O–H groups in total. The topological polar surface area (TPSA) is 0 Å². The summed E-state index contributed by atoms with van der Waals surface area (Å²) in [5.41, 5.74) is 0.671. The minimum Gasteiger partial charge on any atom is -0.201 e. The van der Waals surface area contributed by atoms with Crippen LogP contribution in [-0.4, -0.2) is 5.92 Å². The Morgan fingerprint density at radius 2 is 1.77 bits per heavy atom. The van der Waals surface area contributed by atoms with Crippen molar-refractivity contribution in [2.75, 3.05) is 0 Å². The first-order valence-corrected chi connectivity index (χ1v) is 4.32. The zero-order chi connectivity index (χ0) is 9.47. The molecule has 0 bridgehead atoms. The second-order valence-electron chi connectivity index (χ2n) is 3.03. The molecule has 0 aromatic heterocycles. The molecule has 0 radical (unpaired) electrons. The van der Waals surface area contributed by atoms with Crippen LogP contribution in [0.5, 0.6) is 0 Å². The van der Waals surface area contributed by atoms with Gasteiger partial charge in [-0.3, -0.25) is 0 Å². The lowest BCUT2D eigenvalue weighted by Gasteiger charge is -2.26. The Balaban J connectivity index is 2.33. The van der Waals surface area contributed by atoms with Gasteiger partial charge >= 0.3 is 0 Å². The second-order valence-corrected chi connectivity index (χ2v) is 3.47. The molecular formula is C10H7ClF2. The zero-order valence-corrected chi connectivity index (χ0v) is 7.48. The number of rotatable bonds is 1. The second kappa shape index (κ2) is 2.81. The van der Waals surface area contributed by atoms with Crippen molar-refractivity contribution < 1.29 is 8.78 Å². The highest BCUT2D eigenvalue weighted by Gasteiger charge is 2.40. The summed E-state index contributed by atoms with van der Waals surface area (Å²) in [4.78, 5) is 0. The molecule has 1 aliphatic rings. The molecule has 1 aromatic rings. The Morgan fingerprint density at radius 3 is 2.15 bits per heavy atom. The van der Waals surface area contributed by atoms with Gasteiger partial charge in [-0.05, 0) is 17.7 Å². The lowest BCUT2D eigenvalue weighted by Crippen LogP contribution is -2.25. The van der Waals surface area contributed by atoms with Crippen LogP contribution in [0.1, 0.15) is 12.0 Å². The van der Waals surface area contributed by atoms with Crippen LogP contribution >= 0.6 is 11.6 Å². The van der Waals surface area contributed by atoms with Crippen LogP contribution in [0.4, 0.5) is 8.78 Å². The van der Waals surface area contributed by atoms with Gasteiger partial charge in [-0.2, -0.15) is 0 Å². The van der Waals surface area contributed by atoms with Gasteiger partial charge < -0.3 is 0 Å². The summed E-state index contributed by atoms with van der Waals surface area (Å²) in [5, 5.41) is 0.562. The molecule has 0 heterocycles. The van der Waals surface area contributed by atoms with E-state index in [1.54, 1.807) is 30.3 Å². The van der Waals surface area contributed by atoms with Crippen LogP contribution in [0.25, 0.3) is 5.57 Å². The average Bonchev–Trinajstić information content (AvgIpc) is 2.07. The third-order valence-corrected chi connectivity index (χ3v) is 2.36. The van der Waals surface area contributed by atoms with E-state index in [2.05, 4.69) is 0 Å². The van der Waals surface area contributed by atoms with Crippen molar-refractivity contribution in [3.8, 4) is 0 Å². The van der Waals surface area contributed by atoms with Crippen molar-refractivity contribution in [2.24, 2.45) is 0 Å². The highest BCUT2D eigenvalue weighted by molar-refractivity contribution is 6.30. The van der Waals surface area contributed by atoms with E-state index in [-0.39, 0.29) is 12.0 Å². The number of halogens is 3. The highest BCUT2D eigenvalue weighted by Crippen LogP contribution is 2.43. The normalized spacial score (nSPS) is 19.2. The molecule has 68 valence electrons. The summed E-state index contributed by atoms with van der Waals surface area (Å²) in [6, 6.07) is 6.46. The van der Waals surface area contributed by atoms with Crippen LogP contribution in [0, 0.1) is 0 Å². The van der Waals surface area contributed by atoms with Crippen LogP contribution in [-0.2, 0) is 0 Å². The van der Waals surface area contributed by atoms with Gasteiger partial charge in [0.05, 0.1) is 0 Å². The molecule has 1 aromatic carbocycles. The summed E-state index contributed by atoms with van der Waals surface area (Å²) in [5.74, 6) is -2.65. The van der Waals surface area contributed by atoms with Crippen molar-refractivity contribution in [3.05, 3.63) is 40.9 Å². The largest absolute Gasteiger partial charge is 0.276 e. The van der Waals surface area contributed by atoms with E-state index >= 15 is 0 Å². The molecule has 1 aliphatic carbocycles. The lowest BCUT2D eigenvalue weighted by atomic mass is 9.88. The summed E-state index contributed by atoms with van der Waals surface area (Å²) < 4.78 is 25.8. The molecule has 0 atom stereocenters. The van der Waals surface area contributed by atoms with E-state index < -0.39 is 5.92 Å². The van der Waals surface area contributed by atoms with Gasteiger partial charge in [0.2, 0.25) is 0 Å². The Labute approximate surface area is 79.8 Å². The van der Waals surface area contributed by atoms with Gasteiger partial charge in [0.25, 0.3) is 5.92 Å². The first-order chi connectivity index (χ1) is 6.09. The fourth-order valence-electron chi connectivity index (χ4n) is 1.32. The molecule has 2 rings (SSSR count). The molecule has 0 saturated heterocycles. The summed E-state index contributed by atoms with van der Waals surface area (Å²) >= 11 is 5.64. The van der Waals surface area contributed by atoms with Crippen LogP contribution in [0.2, 0.25) is 5.02 Å². The van der Waals surface area contributed by atoms with Gasteiger partial charge in [-0.25, -0.2) is 8.78 Å². The molecule has 13 heavy (non-hydrogen) atoms.